The van der Waals surface area contributed by atoms with Gasteiger partial charge in [-0.05, 0) is 37.4 Å². The topological polar surface area (TPSA) is 3.24 Å². The predicted octanol–water partition coefficient (Wildman–Crippen LogP) is 3.52. The number of alkyl halides is 2. The normalized spacial score (nSPS) is 19.5. The Bertz CT molecular complexity index is 337. The summed E-state index contributed by atoms with van der Waals surface area (Å²) in [6, 6.07) is 10.4. The molecule has 17 heavy (non-hydrogen) atoms. The van der Waals surface area contributed by atoms with Crippen molar-refractivity contribution in [2.45, 2.75) is 31.6 Å². The molecule has 1 aliphatic rings. The van der Waals surface area contributed by atoms with E-state index in [9.17, 15) is 8.78 Å². The van der Waals surface area contributed by atoms with Crippen LogP contribution in [0.2, 0.25) is 0 Å². The van der Waals surface area contributed by atoms with E-state index in [4.69, 9.17) is 0 Å². The van der Waals surface area contributed by atoms with Crippen molar-refractivity contribution in [3.63, 3.8) is 0 Å². The van der Waals surface area contributed by atoms with Crippen molar-refractivity contribution in [2.24, 2.45) is 0 Å². The van der Waals surface area contributed by atoms with Gasteiger partial charge in [0.15, 0.2) is 0 Å². The molecule has 94 valence electrons. The highest BCUT2D eigenvalue weighted by Gasteiger charge is 2.28. The highest BCUT2D eigenvalue weighted by atomic mass is 19.3. The van der Waals surface area contributed by atoms with Crippen molar-refractivity contribution in [1.29, 1.82) is 0 Å². The van der Waals surface area contributed by atoms with E-state index in [1.54, 1.807) is 0 Å². The van der Waals surface area contributed by atoms with E-state index in [0.29, 0.717) is 5.92 Å². The molecule has 0 radical (unpaired) electrons. The van der Waals surface area contributed by atoms with Crippen LogP contribution in [0.3, 0.4) is 0 Å². The summed E-state index contributed by atoms with van der Waals surface area (Å²) in [6.07, 6.45) is 1.97. The first-order chi connectivity index (χ1) is 8.04. The minimum Gasteiger partial charge on any atom is -0.297 e. The summed E-state index contributed by atoms with van der Waals surface area (Å²) in [7, 11) is 0. The average molecular weight is 239 g/mol. The Morgan fingerprint density at radius 2 is 1.76 bits per heavy atom. The predicted molar refractivity (Wildman–Crippen MR) is 65.5 cm³/mol. The van der Waals surface area contributed by atoms with Crippen LogP contribution in [0.25, 0.3) is 0 Å². The van der Waals surface area contributed by atoms with Gasteiger partial charge < -0.3 is 0 Å². The van der Waals surface area contributed by atoms with Gasteiger partial charge in [0, 0.05) is 6.92 Å². The Balaban J connectivity index is 1.86. The number of benzene rings is 1. The van der Waals surface area contributed by atoms with Gasteiger partial charge in [0.1, 0.15) is 0 Å². The standard InChI is InChI=1S/C14H19F2N/c1-14(15,16)11-17-9-7-13(8-10-17)12-5-3-2-4-6-12/h2-6,13H,7-11H2,1H3. The minimum atomic E-state index is -2.57. The highest BCUT2D eigenvalue weighted by molar-refractivity contribution is 5.19. The Morgan fingerprint density at radius 3 is 2.29 bits per heavy atom. The molecule has 0 aromatic heterocycles. The SMILES string of the molecule is CC(F)(F)CN1CCC(c2ccccc2)CC1. The van der Waals surface area contributed by atoms with Crippen molar-refractivity contribution in [1.82, 2.24) is 4.90 Å². The van der Waals surface area contributed by atoms with Gasteiger partial charge >= 0.3 is 0 Å². The number of hydrogen-bond acceptors (Lipinski definition) is 1. The molecule has 2 rings (SSSR count). The fraction of sp³-hybridized carbons (Fsp3) is 0.571. The number of piperidine rings is 1. The zero-order valence-corrected chi connectivity index (χ0v) is 10.2. The van der Waals surface area contributed by atoms with Crippen molar-refractivity contribution >= 4 is 0 Å². The summed E-state index contributed by atoms with van der Waals surface area (Å²) in [5.41, 5.74) is 1.34. The Morgan fingerprint density at radius 1 is 1.18 bits per heavy atom. The molecule has 0 unspecified atom stereocenters. The molecule has 0 bridgehead atoms. The summed E-state index contributed by atoms with van der Waals surface area (Å²) in [4.78, 5) is 1.87. The van der Waals surface area contributed by atoms with E-state index in [1.165, 1.54) is 5.56 Å². The Kier molecular flexibility index (Phi) is 3.77. The van der Waals surface area contributed by atoms with E-state index in [1.807, 2.05) is 23.1 Å². The quantitative estimate of drug-likeness (QED) is 0.780. The third-order valence-corrected chi connectivity index (χ3v) is 3.36. The molecule has 1 aromatic rings. The van der Waals surface area contributed by atoms with Crippen LogP contribution < -0.4 is 0 Å². The molecule has 1 heterocycles. The molecule has 1 saturated heterocycles. The molecular formula is C14H19F2N. The number of likely N-dealkylation sites (tertiary alicyclic amines) is 1. The van der Waals surface area contributed by atoms with E-state index in [2.05, 4.69) is 12.1 Å². The number of hydrogen-bond donors (Lipinski definition) is 0. The zero-order valence-electron chi connectivity index (χ0n) is 10.2. The van der Waals surface area contributed by atoms with Crippen LogP contribution in [-0.2, 0) is 0 Å². The van der Waals surface area contributed by atoms with Gasteiger partial charge in [-0.3, -0.25) is 4.90 Å². The summed E-state index contributed by atoms with van der Waals surface area (Å²) in [6.45, 7) is 2.46. The van der Waals surface area contributed by atoms with Crippen LogP contribution in [-0.4, -0.2) is 30.5 Å². The molecule has 1 aliphatic heterocycles. The lowest BCUT2D eigenvalue weighted by molar-refractivity contribution is -0.0199. The molecule has 0 saturated carbocycles. The number of rotatable bonds is 3. The Hall–Kier alpha value is -0.960. The first-order valence-electron chi connectivity index (χ1n) is 6.20. The third-order valence-electron chi connectivity index (χ3n) is 3.36. The van der Waals surface area contributed by atoms with E-state index < -0.39 is 5.92 Å². The Labute approximate surface area is 101 Å². The molecule has 0 amide bonds. The summed E-state index contributed by atoms with van der Waals surface area (Å²) in [5, 5.41) is 0. The third kappa shape index (κ3) is 3.77. The van der Waals surface area contributed by atoms with Gasteiger partial charge in [0.05, 0.1) is 6.54 Å². The molecule has 3 heteroatoms. The van der Waals surface area contributed by atoms with Crippen LogP contribution in [0.5, 0.6) is 0 Å². The summed E-state index contributed by atoms with van der Waals surface area (Å²) in [5.74, 6) is -2.03. The largest absolute Gasteiger partial charge is 0.297 e. The van der Waals surface area contributed by atoms with Gasteiger partial charge in [-0.15, -0.1) is 0 Å². The van der Waals surface area contributed by atoms with Crippen LogP contribution in [0, 0.1) is 0 Å². The van der Waals surface area contributed by atoms with E-state index in [-0.39, 0.29) is 6.54 Å². The second-order valence-corrected chi connectivity index (χ2v) is 5.03. The molecule has 1 nitrogen and oxygen atoms in total. The lowest BCUT2D eigenvalue weighted by atomic mass is 9.89. The molecular weight excluding hydrogens is 220 g/mol. The van der Waals surface area contributed by atoms with Crippen molar-refractivity contribution in [3.05, 3.63) is 35.9 Å². The smallest absolute Gasteiger partial charge is 0.257 e. The zero-order chi connectivity index (χ0) is 12.3. The first-order valence-corrected chi connectivity index (χ1v) is 6.20. The maximum Gasteiger partial charge on any atom is 0.257 e. The molecule has 0 atom stereocenters. The van der Waals surface area contributed by atoms with Gasteiger partial charge in [-0.25, -0.2) is 8.78 Å². The average Bonchev–Trinajstić information content (AvgIpc) is 2.29. The fourth-order valence-corrected chi connectivity index (χ4v) is 2.54. The summed E-state index contributed by atoms with van der Waals surface area (Å²) < 4.78 is 25.8. The van der Waals surface area contributed by atoms with Gasteiger partial charge in [-0.1, -0.05) is 30.3 Å². The number of nitrogens with zero attached hydrogens (tertiary/aromatic N) is 1. The second-order valence-electron chi connectivity index (χ2n) is 5.03. The van der Waals surface area contributed by atoms with Crippen LogP contribution in [0.4, 0.5) is 8.78 Å². The van der Waals surface area contributed by atoms with Crippen molar-refractivity contribution < 1.29 is 8.78 Å². The van der Waals surface area contributed by atoms with Crippen LogP contribution in [0.1, 0.15) is 31.2 Å². The fourth-order valence-electron chi connectivity index (χ4n) is 2.54. The maximum atomic E-state index is 12.9. The monoisotopic (exact) mass is 239 g/mol. The van der Waals surface area contributed by atoms with Crippen molar-refractivity contribution in [2.75, 3.05) is 19.6 Å². The second kappa shape index (κ2) is 5.13. The van der Waals surface area contributed by atoms with Gasteiger partial charge in [0.25, 0.3) is 5.92 Å². The maximum absolute atomic E-state index is 12.9. The molecule has 1 fully saturated rings. The summed E-state index contributed by atoms with van der Waals surface area (Å²) >= 11 is 0. The first kappa shape index (κ1) is 12.5. The molecule has 0 aliphatic carbocycles. The van der Waals surface area contributed by atoms with Crippen molar-refractivity contribution in [3.8, 4) is 0 Å². The van der Waals surface area contributed by atoms with Crippen LogP contribution in [0.15, 0.2) is 30.3 Å². The number of halogens is 2. The molecule has 1 aromatic carbocycles. The van der Waals surface area contributed by atoms with Crippen LogP contribution >= 0.6 is 0 Å². The van der Waals surface area contributed by atoms with E-state index in [0.717, 1.165) is 32.9 Å². The molecule has 0 spiro atoms. The van der Waals surface area contributed by atoms with Gasteiger partial charge in [0.2, 0.25) is 0 Å². The lowest BCUT2D eigenvalue weighted by Gasteiger charge is -2.33. The molecule has 0 N–H and O–H groups in total. The minimum absolute atomic E-state index is 0.103. The van der Waals surface area contributed by atoms with E-state index >= 15 is 0 Å². The lowest BCUT2D eigenvalue weighted by Crippen LogP contribution is -2.40. The van der Waals surface area contributed by atoms with Gasteiger partial charge in [-0.2, -0.15) is 0 Å². The highest BCUT2D eigenvalue weighted by Crippen LogP contribution is 2.28.